The molecule has 0 heterocycles. The molecule has 0 aliphatic carbocycles. The highest BCUT2D eigenvalue weighted by atomic mass is 16.5. The van der Waals surface area contributed by atoms with Gasteiger partial charge < -0.3 is 10.5 Å². The summed E-state index contributed by atoms with van der Waals surface area (Å²) in [6.07, 6.45) is 0. The van der Waals surface area contributed by atoms with E-state index in [0.29, 0.717) is 0 Å². The van der Waals surface area contributed by atoms with Crippen molar-refractivity contribution >= 4 is 0 Å². The second-order valence-electron chi connectivity index (χ2n) is 4.13. The standard InChI is InChI=1S/C15H17NO/c1-11-8-9-14(17-2)13(10-11)15(16)12-6-4-3-5-7-12/h3-10,15H,16H2,1-2H3. The molecule has 0 saturated carbocycles. The lowest BCUT2D eigenvalue weighted by molar-refractivity contribution is 0.407. The molecule has 0 amide bonds. The van der Waals surface area contributed by atoms with Gasteiger partial charge in [0.15, 0.2) is 0 Å². The van der Waals surface area contributed by atoms with Crippen LogP contribution in [0.5, 0.6) is 5.75 Å². The summed E-state index contributed by atoms with van der Waals surface area (Å²) in [5.74, 6) is 0.840. The van der Waals surface area contributed by atoms with Crippen LogP contribution >= 0.6 is 0 Å². The first kappa shape index (κ1) is 11.7. The molecular weight excluding hydrogens is 210 g/mol. The van der Waals surface area contributed by atoms with Crippen LogP contribution in [0.25, 0.3) is 0 Å². The lowest BCUT2D eigenvalue weighted by Gasteiger charge is -2.16. The zero-order valence-electron chi connectivity index (χ0n) is 10.2. The predicted molar refractivity (Wildman–Crippen MR) is 70.2 cm³/mol. The Kier molecular flexibility index (Phi) is 3.45. The first-order valence-corrected chi connectivity index (χ1v) is 5.67. The highest BCUT2D eigenvalue weighted by molar-refractivity contribution is 5.43. The molecule has 17 heavy (non-hydrogen) atoms. The van der Waals surface area contributed by atoms with E-state index in [1.807, 2.05) is 42.5 Å². The molecule has 2 heteroatoms. The van der Waals surface area contributed by atoms with Crippen molar-refractivity contribution in [3.05, 3.63) is 65.2 Å². The van der Waals surface area contributed by atoms with E-state index >= 15 is 0 Å². The van der Waals surface area contributed by atoms with Crippen molar-refractivity contribution in [3.8, 4) is 5.75 Å². The number of hydrogen-bond donors (Lipinski definition) is 1. The van der Waals surface area contributed by atoms with E-state index in [1.54, 1.807) is 7.11 Å². The SMILES string of the molecule is COc1ccc(C)cc1C(N)c1ccccc1. The van der Waals surface area contributed by atoms with Gasteiger partial charge >= 0.3 is 0 Å². The summed E-state index contributed by atoms with van der Waals surface area (Å²) in [5.41, 5.74) is 9.59. The van der Waals surface area contributed by atoms with Crippen LogP contribution in [-0.2, 0) is 0 Å². The number of hydrogen-bond acceptors (Lipinski definition) is 2. The van der Waals surface area contributed by atoms with Gasteiger partial charge in [-0.1, -0.05) is 48.0 Å². The second kappa shape index (κ2) is 5.02. The molecule has 0 aliphatic heterocycles. The third-order valence-electron chi connectivity index (χ3n) is 2.88. The molecule has 0 bridgehead atoms. The Labute approximate surface area is 102 Å². The van der Waals surface area contributed by atoms with E-state index < -0.39 is 0 Å². The van der Waals surface area contributed by atoms with Gasteiger partial charge in [-0.15, -0.1) is 0 Å². The van der Waals surface area contributed by atoms with Gasteiger partial charge in [-0.3, -0.25) is 0 Å². The number of benzene rings is 2. The van der Waals surface area contributed by atoms with Gasteiger partial charge in [0, 0.05) is 5.56 Å². The van der Waals surface area contributed by atoms with E-state index in [9.17, 15) is 0 Å². The summed E-state index contributed by atoms with van der Waals surface area (Å²) >= 11 is 0. The Morgan fingerprint density at radius 2 is 1.76 bits per heavy atom. The highest BCUT2D eigenvalue weighted by Gasteiger charge is 2.13. The van der Waals surface area contributed by atoms with E-state index in [-0.39, 0.29) is 6.04 Å². The van der Waals surface area contributed by atoms with Crippen molar-refractivity contribution in [2.24, 2.45) is 5.73 Å². The largest absolute Gasteiger partial charge is 0.496 e. The second-order valence-corrected chi connectivity index (χ2v) is 4.13. The number of rotatable bonds is 3. The number of methoxy groups -OCH3 is 1. The van der Waals surface area contributed by atoms with Crippen LogP contribution in [0.3, 0.4) is 0 Å². The Bertz CT molecular complexity index is 494. The van der Waals surface area contributed by atoms with E-state index in [4.69, 9.17) is 10.5 Å². The molecule has 0 saturated heterocycles. The van der Waals surface area contributed by atoms with Crippen LogP contribution in [0, 0.1) is 6.92 Å². The lowest BCUT2D eigenvalue weighted by Crippen LogP contribution is -2.13. The minimum atomic E-state index is -0.147. The lowest BCUT2D eigenvalue weighted by atomic mass is 9.97. The molecule has 2 N–H and O–H groups in total. The maximum atomic E-state index is 6.28. The van der Waals surface area contributed by atoms with E-state index in [2.05, 4.69) is 13.0 Å². The molecule has 1 atom stereocenters. The van der Waals surface area contributed by atoms with Crippen molar-refractivity contribution in [3.63, 3.8) is 0 Å². The van der Waals surface area contributed by atoms with E-state index in [0.717, 1.165) is 16.9 Å². The van der Waals surface area contributed by atoms with Crippen LogP contribution in [-0.4, -0.2) is 7.11 Å². The summed E-state index contributed by atoms with van der Waals surface area (Å²) < 4.78 is 5.36. The van der Waals surface area contributed by atoms with Crippen LogP contribution < -0.4 is 10.5 Å². The fourth-order valence-corrected chi connectivity index (χ4v) is 1.94. The van der Waals surface area contributed by atoms with Crippen molar-refractivity contribution in [1.82, 2.24) is 0 Å². The van der Waals surface area contributed by atoms with Crippen molar-refractivity contribution in [2.45, 2.75) is 13.0 Å². The third-order valence-corrected chi connectivity index (χ3v) is 2.88. The average molecular weight is 227 g/mol. The van der Waals surface area contributed by atoms with E-state index in [1.165, 1.54) is 5.56 Å². The zero-order valence-corrected chi connectivity index (χ0v) is 10.2. The summed E-state index contributed by atoms with van der Waals surface area (Å²) in [6.45, 7) is 2.06. The first-order chi connectivity index (χ1) is 8.22. The number of ether oxygens (including phenoxy) is 1. The summed E-state index contributed by atoms with van der Waals surface area (Å²) in [5, 5.41) is 0. The minimum Gasteiger partial charge on any atom is -0.496 e. The molecule has 2 rings (SSSR count). The van der Waals surface area contributed by atoms with Crippen molar-refractivity contribution < 1.29 is 4.74 Å². The molecule has 0 spiro atoms. The summed E-state index contributed by atoms with van der Waals surface area (Å²) in [6, 6.07) is 16.0. The topological polar surface area (TPSA) is 35.2 Å². The fraction of sp³-hybridized carbons (Fsp3) is 0.200. The molecule has 2 aromatic rings. The highest BCUT2D eigenvalue weighted by Crippen LogP contribution is 2.28. The van der Waals surface area contributed by atoms with Gasteiger partial charge in [-0.25, -0.2) is 0 Å². The normalized spacial score (nSPS) is 12.2. The van der Waals surface area contributed by atoms with Crippen molar-refractivity contribution in [1.29, 1.82) is 0 Å². The van der Waals surface area contributed by atoms with Gasteiger partial charge in [0.25, 0.3) is 0 Å². The first-order valence-electron chi connectivity index (χ1n) is 5.67. The van der Waals surface area contributed by atoms with Crippen LogP contribution in [0.1, 0.15) is 22.7 Å². The molecule has 0 aromatic heterocycles. The zero-order chi connectivity index (χ0) is 12.3. The molecule has 2 nitrogen and oxygen atoms in total. The molecule has 0 aliphatic rings. The van der Waals surface area contributed by atoms with Gasteiger partial charge in [0.05, 0.1) is 13.2 Å². The van der Waals surface area contributed by atoms with Gasteiger partial charge in [-0.05, 0) is 18.6 Å². The Balaban J connectivity index is 2.43. The maximum absolute atomic E-state index is 6.28. The maximum Gasteiger partial charge on any atom is 0.123 e. The smallest absolute Gasteiger partial charge is 0.123 e. The quantitative estimate of drug-likeness (QED) is 0.874. The average Bonchev–Trinajstić information content (AvgIpc) is 2.39. The van der Waals surface area contributed by atoms with Crippen LogP contribution in [0.2, 0.25) is 0 Å². The Hall–Kier alpha value is -1.80. The van der Waals surface area contributed by atoms with Gasteiger partial charge in [-0.2, -0.15) is 0 Å². The van der Waals surface area contributed by atoms with Crippen molar-refractivity contribution in [2.75, 3.05) is 7.11 Å². The molecule has 0 fully saturated rings. The molecule has 0 radical (unpaired) electrons. The van der Waals surface area contributed by atoms with Gasteiger partial charge in [0.1, 0.15) is 5.75 Å². The van der Waals surface area contributed by atoms with Gasteiger partial charge in [0.2, 0.25) is 0 Å². The monoisotopic (exact) mass is 227 g/mol. The Morgan fingerprint density at radius 1 is 1.06 bits per heavy atom. The molecule has 1 unspecified atom stereocenters. The van der Waals surface area contributed by atoms with Crippen LogP contribution in [0.15, 0.2) is 48.5 Å². The third kappa shape index (κ3) is 2.48. The number of aryl methyl sites for hydroxylation is 1. The Morgan fingerprint density at radius 3 is 2.41 bits per heavy atom. The molecular formula is C15H17NO. The van der Waals surface area contributed by atoms with Crippen LogP contribution in [0.4, 0.5) is 0 Å². The summed E-state index contributed by atoms with van der Waals surface area (Å²) in [7, 11) is 1.67. The molecule has 88 valence electrons. The minimum absolute atomic E-state index is 0.147. The fourth-order valence-electron chi connectivity index (χ4n) is 1.94. The number of nitrogens with two attached hydrogens (primary N) is 1. The summed E-state index contributed by atoms with van der Waals surface area (Å²) in [4.78, 5) is 0. The molecule has 2 aromatic carbocycles. The predicted octanol–water partition coefficient (Wildman–Crippen LogP) is 3.05.